The van der Waals surface area contributed by atoms with Crippen molar-refractivity contribution < 1.29 is 13.9 Å². The molecule has 0 aliphatic rings. The predicted octanol–water partition coefficient (Wildman–Crippen LogP) is 4.03. The average molecular weight is 394 g/mol. The summed E-state index contributed by atoms with van der Waals surface area (Å²) in [7, 11) is 0. The van der Waals surface area contributed by atoms with E-state index in [1.165, 1.54) is 0 Å². The van der Waals surface area contributed by atoms with Gasteiger partial charge in [0.25, 0.3) is 5.91 Å². The highest BCUT2D eigenvalue weighted by Crippen LogP contribution is 2.28. The highest BCUT2D eigenvalue weighted by atomic mass is 35.5. The van der Waals surface area contributed by atoms with Gasteiger partial charge in [0.1, 0.15) is 5.75 Å². The molecule has 0 fully saturated rings. The fourth-order valence-electron chi connectivity index (χ4n) is 2.32. The number of carbonyl (C=O) groups excluding carboxylic acids is 1. The first-order chi connectivity index (χ1) is 12.5. The maximum atomic E-state index is 12.2. The quantitative estimate of drug-likeness (QED) is 0.657. The van der Waals surface area contributed by atoms with Crippen molar-refractivity contribution in [1.29, 1.82) is 0 Å². The highest BCUT2D eigenvalue weighted by Gasteiger charge is 2.16. The van der Waals surface area contributed by atoms with E-state index in [0.29, 0.717) is 28.9 Å². The summed E-state index contributed by atoms with van der Waals surface area (Å²) in [4.78, 5) is 12.2. The van der Waals surface area contributed by atoms with Crippen LogP contribution in [0, 0.1) is 0 Å². The Bertz CT molecular complexity index is 878. The number of nitrogens with one attached hydrogen (secondary N) is 1. The lowest BCUT2D eigenvalue weighted by Crippen LogP contribution is -2.38. The normalized spacial score (nSPS) is 12.0. The van der Waals surface area contributed by atoms with Crippen molar-refractivity contribution in [3.05, 3.63) is 59.2 Å². The maximum absolute atomic E-state index is 12.2. The lowest BCUT2D eigenvalue weighted by Gasteiger charge is -2.15. The van der Waals surface area contributed by atoms with Crippen LogP contribution in [0.25, 0.3) is 11.1 Å². The number of hydrogen-bond acceptors (Lipinski definition) is 4. The summed E-state index contributed by atoms with van der Waals surface area (Å²) in [5.41, 5.74) is 1.92. The Labute approximate surface area is 160 Å². The number of benzene rings is 1. The van der Waals surface area contributed by atoms with Crippen molar-refractivity contribution in [3.8, 4) is 16.9 Å². The number of furan rings is 1. The largest absolute Gasteiger partial charge is 0.479 e. The van der Waals surface area contributed by atoms with Crippen LogP contribution in [0.1, 0.15) is 6.92 Å². The van der Waals surface area contributed by atoms with Gasteiger partial charge in [-0.15, -0.1) is 0 Å². The summed E-state index contributed by atoms with van der Waals surface area (Å²) in [5, 5.41) is 7.95. The molecule has 8 heteroatoms. The average Bonchev–Trinajstić information content (AvgIpc) is 3.28. The molecule has 3 aromatic rings. The fraction of sp³-hybridized carbons (Fsp3) is 0.222. The molecule has 2 aromatic heterocycles. The van der Waals surface area contributed by atoms with Gasteiger partial charge in [-0.05, 0) is 31.2 Å². The second kappa shape index (κ2) is 8.29. The van der Waals surface area contributed by atoms with Crippen LogP contribution in [0.5, 0.6) is 5.75 Å². The highest BCUT2D eigenvalue weighted by molar-refractivity contribution is 6.35. The van der Waals surface area contributed by atoms with E-state index in [4.69, 9.17) is 32.4 Å². The first-order valence-electron chi connectivity index (χ1n) is 7.97. The fourth-order valence-corrected chi connectivity index (χ4v) is 2.77. The second-order valence-corrected chi connectivity index (χ2v) is 6.47. The van der Waals surface area contributed by atoms with E-state index in [9.17, 15) is 4.79 Å². The van der Waals surface area contributed by atoms with Crippen LogP contribution < -0.4 is 10.1 Å². The van der Waals surface area contributed by atoms with E-state index in [1.807, 2.05) is 12.3 Å². The van der Waals surface area contributed by atoms with Gasteiger partial charge in [-0.3, -0.25) is 9.48 Å². The SMILES string of the molecule is CC(Oc1ccc(Cl)cc1Cl)C(=O)NCCn1cc(-c2ccoc2)cn1. The zero-order valence-corrected chi connectivity index (χ0v) is 15.5. The molecular formula is C18H17Cl2N3O3. The summed E-state index contributed by atoms with van der Waals surface area (Å²) in [6, 6.07) is 6.72. The van der Waals surface area contributed by atoms with Crippen molar-refractivity contribution in [1.82, 2.24) is 15.1 Å². The van der Waals surface area contributed by atoms with Gasteiger partial charge < -0.3 is 14.5 Å². The molecule has 1 N–H and O–H groups in total. The molecule has 0 aliphatic heterocycles. The molecule has 0 bridgehead atoms. The van der Waals surface area contributed by atoms with Crippen LogP contribution in [0.3, 0.4) is 0 Å². The van der Waals surface area contributed by atoms with E-state index < -0.39 is 6.10 Å². The van der Waals surface area contributed by atoms with Gasteiger partial charge in [0.15, 0.2) is 6.10 Å². The molecule has 0 spiro atoms. The Morgan fingerprint density at radius 3 is 2.92 bits per heavy atom. The van der Waals surface area contributed by atoms with Crippen molar-refractivity contribution in [2.45, 2.75) is 19.6 Å². The van der Waals surface area contributed by atoms with Crippen LogP contribution in [0.4, 0.5) is 0 Å². The van der Waals surface area contributed by atoms with Gasteiger partial charge in [0, 0.05) is 28.9 Å². The summed E-state index contributed by atoms with van der Waals surface area (Å²) >= 11 is 11.9. The van der Waals surface area contributed by atoms with E-state index in [2.05, 4.69) is 10.4 Å². The summed E-state index contributed by atoms with van der Waals surface area (Å²) in [5.74, 6) is 0.175. The number of halogens is 2. The zero-order chi connectivity index (χ0) is 18.5. The van der Waals surface area contributed by atoms with Gasteiger partial charge in [0.2, 0.25) is 0 Å². The summed E-state index contributed by atoms with van der Waals surface area (Å²) < 4.78 is 12.4. The molecule has 2 heterocycles. The van der Waals surface area contributed by atoms with E-state index >= 15 is 0 Å². The monoisotopic (exact) mass is 393 g/mol. The van der Waals surface area contributed by atoms with Crippen molar-refractivity contribution in [2.24, 2.45) is 0 Å². The van der Waals surface area contributed by atoms with Gasteiger partial charge in [-0.2, -0.15) is 5.10 Å². The Balaban J connectivity index is 1.47. The molecule has 6 nitrogen and oxygen atoms in total. The molecule has 26 heavy (non-hydrogen) atoms. The third kappa shape index (κ3) is 4.59. The Morgan fingerprint density at radius 1 is 1.35 bits per heavy atom. The lowest BCUT2D eigenvalue weighted by molar-refractivity contribution is -0.127. The minimum absolute atomic E-state index is 0.238. The molecule has 1 aromatic carbocycles. The van der Waals surface area contributed by atoms with Gasteiger partial charge in [-0.25, -0.2) is 0 Å². The molecule has 0 saturated carbocycles. The number of rotatable bonds is 7. The minimum Gasteiger partial charge on any atom is -0.479 e. The molecule has 3 rings (SSSR count). The molecule has 0 saturated heterocycles. The molecule has 1 amide bonds. The van der Waals surface area contributed by atoms with Crippen molar-refractivity contribution in [3.63, 3.8) is 0 Å². The summed E-state index contributed by atoms with van der Waals surface area (Å²) in [6.45, 7) is 2.62. The predicted molar refractivity (Wildman–Crippen MR) is 99.5 cm³/mol. The number of hydrogen-bond donors (Lipinski definition) is 1. The standard InChI is InChI=1S/C18H17Cl2N3O3/c1-12(26-17-3-2-15(19)8-16(17)20)18(24)21-5-6-23-10-14(9-22-23)13-4-7-25-11-13/h2-4,7-12H,5-6H2,1H3,(H,21,24). The van der Waals surface area contributed by atoms with E-state index in [-0.39, 0.29) is 5.91 Å². The van der Waals surface area contributed by atoms with Gasteiger partial charge >= 0.3 is 0 Å². The Kier molecular flexibility index (Phi) is 5.85. The smallest absolute Gasteiger partial charge is 0.260 e. The number of ether oxygens (including phenoxy) is 1. The Hall–Kier alpha value is -2.44. The first kappa shape index (κ1) is 18.4. The molecule has 0 aliphatic carbocycles. The minimum atomic E-state index is -0.687. The second-order valence-electron chi connectivity index (χ2n) is 5.63. The molecule has 136 valence electrons. The number of aromatic nitrogens is 2. The van der Waals surface area contributed by atoms with E-state index in [1.54, 1.807) is 48.5 Å². The number of nitrogens with zero attached hydrogens (tertiary/aromatic N) is 2. The first-order valence-corrected chi connectivity index (χ1v) is 8.73. The van der Waals surface area contributed by atoms with Crippen LogP contribution in [-0.4, -0.2) is 28.3 Å². The molecule has 0 radical (unpaired) electrons. The van der Waals surface area contributed by atoms with Crippen LogP contribution >= 0.6 is 23.2 Å². The topological polar surface area (TPSA) is 69.3 Å². The molecule has 1 unspecified atom stereocenters. The molecule has 1 atom stereocenters. The summed E-state index contributed by atoms with van der Waals surface area (Å²) in [6.07, 6.45) is 6.23. The van der Waals surface area contributed by atoms with Gasteiger partial charge in [0.05, 0.1) is 30.3 Å². The van der Waals surface area contributed by atoms with E-state index in [0.717, 1.165) is 11.1 Å². The van der Waals surface area contributed by atoms with Crippen LogP contribution in [0.15, 0.2) is 53.6 Å². The van der Waals surface area contributed by atoms with Gasteiger partial charge in [-0.1, -0.05) is 23.2 Å². The van der Waals surface area contributed by atoms with Crippen molar-refractivity contribution in [2.75, 3.05) is 6.54 Å². The number of amides is 1. The lowest BCUT2D eigenvalue weighted by atomic mass is 10.2. The number of carbonyl (C=O) groups is 1. The third-order valence-corrected chi connectivity index (χ3v) is 4.23. The van der Waals surface area contributed by atoms with Crippen LogP contribution in [-0.2, 0) is 11.3 Å². The zero-order valence-electron chi connectivity index (χ0n) is 14.0. The third-order valence-electron chi connectivity index (χ3n) is 3.69. The Morgan fingerprint density at radius 2 is 2.19 bits per heavy atom. The molecular weight excluding hydrogens is 377 g/mol. The van der Waals surface area contributed by atoms with Crippen molar-refractivity contribution >= 4 is 29.1 Å². The van der Waals surface area contributed by atoms with Crippen LogP contribution in [0.2, 0.25) is 10.0 Å². The maximum Gasteiger partial charge on any atom is 0.260 e.